The normalized spacial score (nSPS) is 11.4. The van der Waals surface area contributed by atoms with Crippen LogP contribution < -0.4 is 9.46 Å². The first kappa shape index (κ1) is 15.3. The molecule has 5 nitrogen and oxygen atoms in total. The van der Waals surface area contributed by atoms with Crippen molar-refractivity contribution in [1.29, 1.82) is 0 Å². The molecule has 0 heterocycles. The van der Waals surface area contributed by atoms with E-state index in [0.717, 1.165) is 21.2 Å². The molecule has 0 aliphatic rings. The summed E-state index contributed by atoms with van der Waals surface area (Å²) in [4.78, 5) is 0. The number of methoxy groups -OCH3 is 1. The second kappa shape index (κ2) is 6.15. The van der Waals surface area contributed by atoms with Gasteiger partial charge in [0.2, 0.25) is 0 Å². The fraction of sp³-hybridized carbons (Fsp3) is 0.200. The summed E-state index contributed by atoms with van der Waals surface area (Å²) < 4.78 is 32.7. The first-order valence-electron chi connectivity index (χ1n) is 6.38. The Kier molecular flexibility index (Phi) is 4.50. The van der Waals surface area contributed by atoms with Crippen LogP contribution in [0.3, 0.4) is 0 Å². The molecule has 0 aromatic heterocycles. The molecule has 0 atom stereocenters. The van der Waals surface area contributed by atoms with E-state index in [-0.39, 0.29) is 0 Å². The molecule has 6 heteroatoms. The van der Waals surface area contributed by atoms with Gasteiger partial charge in [0.25, 0.3) is 0 Å². The molecular weight excluding hydrogens is 288 g/mol. The van der Waals surface area contributed by atoms with E-state index in [1.807, 2.05) is 30.3 Å². The fourth-order valence-corrected chi connectivity index (χ4v) is 2.48. The molecule has 0 aliphatic carbocycles. The van der Waals surface area contributed by atoms with Crippen molar-refractivity contribution >= 4 is 15.9 Å². The summed E-state index contributed by atoms with van der Waals surface area (Å²) in [6.07, 6.45) is 0. The molecule has 1 N–H and O–H groups in total. The van der Waals surface area contributed by atoms with Crippen molar-refractivity contribution in [2.75, 3.05) is 25.9 Å². The number of para-hydroxylation sites is 1. The molecule has 0 saturated heterocycles. The van der Waals surface area contributed by atoms with Crippen LogP contribution in [0.15, 0.2) is 48.5 Å². The van der Waals surface area contributed by atoms with Gasteiger partial charge in [-0.1, -0.05) is 30.3 Å². The van der Waals surface area contributed by atoms with E-state index in [2.05, 4.69) is 4.72 Å². The fourth-order valence-electron chi connectivity index (χ4n) is 1.87. The maximum Gasteiger partial charge on any atom is 0.301 e. The molecule has 21 heavy (non-hydrogen) atoms. The topological polar surface area (TPSA) is 58.6 Å². The Hall–Kier alpha value is -2.05. The van der Waals surface area contributed by atoms with Gasteiger partial charge < -0.3 is 4.74 Å². The van der Waals surface area contributed by atoms with Gasteiger partial charge in [0.15, 0.2) is 0 Å². The summed E-state index contributed by atoms with van der Waals surface area (Å²) in [5, 5.41) is 0. The molecule has 0 fully saturated rings. The van der Waals surface area contributed by atoms with Gasteiger partial charge in [-0.05, 0) is 23.8 Å². The first-order valence-corrected chi connectivity index (χ1v) is 7.82. The van der Waals surface area contributed by atoms with Gasteiger partial charge in [-0.3, -0.25) is 4.72 Å². The van der Waals surface area contributed by atoms with Crippen LogP contribution in [0.4, 0.5) is 5.69 Å². The lowest BCUT2D eigenvalue weighted by Crippen LogP contribution is -2.28. The van der Waals surface area contributed by atoms with Crippen molar-refractivity contribution in [3.63, 3.8) is 0 Å². The molecule has 112 valence electrons. The average Bonchev–Trinajstić information content (AvgIpc) is 2.47. The van der Waals surface area contributed by atoms with E-state index < -0.39 is 10.2 Å². The SMILES string of the molecule is COc1ccccc1-c1cccc(NS(=O)(=O)N(C)C)c1. The zero-order valence-corrected chi connectivity index (χ0v) is 13.0. The minimum absolute atomic E-state index is 0.507. The smallest absolute Gasteiger partial charge is 0.301 e. The molecule has 0 bridgehead atoms. The molecule has 2 aromatic rings. The Labute approximate surface area is 125 Å². The van der Waals surface area contributed by atoms with E-state index in [1.54, 1.807) is 25.3 Å². The van der Waals surface area contributed by atoms with Crippen LogP contribution >= 0.6 is 0 Å². The predicted molar refractivity (Wildman–Crippen MR) is 84.7 cm³/mol. The zero-order chi connectivity index (χ0) is 15.5. The van der Waals surface area contributed by atoms with Crippen LogP contribution in [-0.4, -0.2) is 33.9 Å². The number of rotatable bonds is 5. The third-order valence-electron chi connectivity index (χ3n) is 3.01. The maximum absolute atomic E-state index is 11.9. The molecule has 0 unspecified atom stereocenters. The van der Waals surface area contributed by atoms with Crippen molar-refractivity contribution in [3.05, 3.63) is 48.5 Å². The largest absolute Gasteiger partial charge is 0.496 e. The quantitative estimate of drug-likeness (QED) is 0.923. The average molecular weight is 306 g/mol. The lowest BCUT2D eigenvalue weighted by Gasteiger charge is -2.14. The second-order valence-electron chi connectivity index (χ2n) is 4.67. The molecular formula is C15H18N2O3S. The van der Waals surface area contributed by atoms with Gasteiger partial charge in [-0.25, -0.2) is 0 Å². The summed E-state index contributed by atoms with van der Waals surface area (Å²) in [7, 11) is 1.05. The van der Waals surface area contributed by atoms with Crippen LogP contribution in [0.2, 0.25) is 0 Å². The van der Waals surface area contributed by atoms with Crippen molar-refractivity contribution in [1.82, 2.24) is 4.31 Å². The van der Waals surface area contributed by atoms with Gasteiger partial charge >= 0.3 is 10.2 Å². The standard InChI is InChI=1S/C15H18N2O3S/c1-17(2)21(18,19)16-13-8-6-7-12(11-13)14-9-4-5-10-15(14)20-3/h4-11,16H,1-3H3. The van der Waals surface area contributed by atoms with Crippen LogP contribution in [0.1, 0.15) is 0 Å². The highest BCUT2D eigenvalue weighted by molar-refractivity contribution is 7.90. The second-order valence-corrected chi connectivity index (χ2v) is 6.56. The van der Waals surface area contributed by atoms with Gasteiger partial charge in [0.05, 0.1) is 12.8 Å². The van der Waals surface area contributed by atoms with Crippen LogP contribution in [0, 0.1) is 0 Å². The van der Waals surface area contributed by atoms with Crippen LogP contribution in [0.25, 0.3) is 11.1 Å². The Bertz CT molecular complexity index is 727. The number of hydrogen-bond acceptors (Lipinski definition) is 3. The predicted octanol–water partition coefficient (Wildman–Crippen LogP) is 2.58. The van der Waals surface area contributed by atoms with Gasteiger partial charge in [0, 0.05) is 19.7 Å². The molecule has 0 amide bonds. The number of nitrogens with one attached hydrogen (secondary N) is 1. The first-order chi connectivity index (χ1) is 9.94. The Balaban J connectivity index is 2.39. The van der Waals surface area contributed by atoms with Gasteiger partial charge in [0.1, 0.15) is 5.75 Å². The number of ether oxygens (including phenoxy) is 1. The van der Waals surface area contributed by atoms with Crippen molar-refractivity contribution in [2.24, 2.45) is 0 Å². The van der Waals surface area contributed by atoms with Gasteiger partial charge in [-0.15, -0.1) is 0 Å². The van der Waals surface area contributed by atoms with E-state index in [0.29, 0.717) is 5.69 Å². The summed E-state index contributed by atoms with van der Waals surface area (Å²) in [5.74, 6) is 0.741. The van der Waals surface area contributed by atoms with E-state index >= 15 is 0 Å². The number of benzene rings is 2. The summed E-state index contributed by atoms with van der Waals surface area (Å²) in [5.41, 5.74) is 2.30. The lowest BCUT2D eigenvalue weighted by atomic mass is 10.0. The van der Waals surface area contributed by atoms with E-state index in [9.17, 15) is 8.42 Å². The van der Waals surface area contributed by atoms with Crippen molar-refractivity contribution in [3.8, 4) is 16.9 Å². The van der Waals surface area contributed by atoms with Crippen molar-refractivity contribution in [2.45, 2.75) is 0 Å². The number of nitrogens with zero attached hydrogens (tertiary/aromatic N) is 1. The number of anilines is 1. The monoisotopic (exact) mass is 306 g/mol. The zero-order valence-electron chi connectivity index (χ0n) is 12.2. The molecule has 2 aromatic carbocycles. The molecule has 0 aliphatic heterocycles. The highest BCUT2D eigenvalue weighted by atomic mass is 32.2. The van der Waals surface area contributed by atoms with E-state index in [1.165, 1.54) is 14.1 Å². The molecule has 2 rings (SSSR count). The third kappa shape index (κ3) is 3.53. The summed E-state index contributed by atoms with van der Waals surface area (Å²) in [6, 6.07) is 14.8. The van der Waals surface area contributed by atoms with Gasteiger partial charge in [-0.2, -0.15) is 12.7 Å². The van der Waals surface area contributed by atoms with Crippen molar-refractivity contribution < 1.29 is 13.2 Å². The Morgan fingerprint density at radius 1 is 1.05 bits per heavy atom. The molecule has 0 saturated carbocycles. The molecule has 0 spiro atoms. The highest BCUT2D eigenvalue weighted by Crippen LogP contribution is 2.31. The Morgan fingerprint density at radius 2 is 1.76 bits per heavy atom. The summed E-state index contributed by atoms with van der Waals surface area (Å²) in [6.45, 7) is 0. The lowest BCUT2D eigenvalue weighted by molar-refractivity contribution is 0.416. The number of hydrogen-bond donors (Lipinski definition) is 1. The summed E-state index contributed by atoms with van der Waals surface area (Å²) >= 11 is 0. The highest BCUT2D eigenvalue weighted by Gasteiger charge is 2.13. The van der Waals surface area contributed by atoms with Crippen LogP contribution in [-0.2, 0) is 10.2 Å². The maximum atomic E-state index is 11.9. The molecule has 0 radical (unpaired) electrons. The third-order valence-corrected chi connectivity index (χ3v) is 4.46. The van der Waals surface area contributed by atoms with E-state index in [4.69, 9.17) is 4.74 Å². The minimum Gasteiger partial charge on any atom is -0.496 e. The minimum atomic E-state index is -3.51. The van der Waals surface area contributed by atoms with Crippen LogP contribution in [0.5, 0.6) is 5.75 Å². The Morgan fingerprint density at radius 3 is 2.43 bits per heavy atom.